The van der Waals surface area contributed by atoms with Gasteiger partial charge in [0.15, 0.2) is 24.1 Å². The van der Waals surface area contributed by atoms with E-state index in [9.17, 15) is 14.7 Å². The summed E-state index contributed by atoms with van der Waals surface area (Å²) in [5, 5.41) is 10.6. The zero-order valence-electron chi connectivity index (χ0n) is 18.0. The summed E-state index contributed by atoms with van der Waals surface area (Å²) < 4.78 is 26.8. The summed E-state index contributed by atoms with van der Waals surface area (Å²) in [6.45, 7) is 5.31. The van der Waals surface area contributed by atoms with Crippen molar-refractivity contribution in [2.24, 2.45) is 0 Å². The molecule has 0 aliphatic rings. The number of esters is 1. The number of hydrogen-bond acceptors (Lipinski definition) is 8. The second-order valence-electron chi connectivity index (χ2n) is 7.70. The van der Waals surface area contributed by atoms with E-state index in [0.717, 1.165) is 0 Å². The van der Waals surface area contributed by atoms with Gasteiger partial charge in [-0.1, -0.05) is 0 Å². The second-order valence-corrected chi connectivity index (χ2v) is 7.70. The van der Waals surface area contributed by atoms with Gasteiger partial charge in [0.05, 0.1) is 30.8 Å². The summed E-state index contributed by atoms with van der Waals surface area (Å²) in [5.41, 5.74) is -0.374. The molecule has 0 unspecified atom stereocenters. The van der Waals surface area contributed by atoms with Crippen molar-refractivity contribution in [1.29, 1.82) is 0 Å². The molecule has 0 radical (unpaired) electrons. The molecule has 31 heavy (non-hydrogen) atoms. The summed E-state index contributed by atoms with van der Waals surface area (Å²) in [6.07, 6.45) is 0. The molecule has 3 aromatic rings. The maximum Gasteiger partial charge on any atom is 0.340 e. The number of aromatic hydroxyl groups is 1. The lowest BCUT2D eigenvalue weighted by atomic mass is 10.1. The standard InChI is InChI=1S/C23H24O8/c1-23(2,3)30-12-29-22(26)14-6-8-15-17(11-14)31-21(20(25)19(15)24)13-7-9-16(27-4)18(10-13)28-5/h6-11,25H,12H2,1-5H3. The van der Waals surface area contributed by atoms with Crippen LogP contribution in [-0.2, 0) is 9.47 Å². The summed E-state index contributed by atoms with van der Waals surface area (Å²) in [4.78, 5) is 25.0. The van der Waals surface area contributed by atoms with Gasteiger partial charge in [-0.15, -0.1) is 0 Å². The summed E-state index contributed by atoms with van der Waals surface area (Å²) >= 11 is 0. The third-order valence-corrected chi connectivity index (χ3v) is 4.43. The Labute approximate surface area is 178 Å². The molecular formula is C23H24O8. The fourth-order valence-corrected chi connectivity index (χ4v) is 2.83. The molecule has 0 atom stereocenters. The minimum Gasteiger partial charge on any atom is -0.502 e. The summed E-state index contributed by atoms with van der Waals surface area (Å²) in [7, 11) is 2.97. The minimum atomic E-state index is -0.630. The van der Waals surface area contributed by atoms with E-state index in [1.807, 2.05) is 20.8 Å². The minimum absolute atomic E-state index is 0.0555. The van der Waals surface area contributed by atoms with Crippen molar-refractivity contribution in [3.05, 3.63) is 52.2 Å². The van der Waals surface area contributed by atoms with Crippen molar-refractivity contribution in [2.75, 3.05) is 21.0 Å². The number of fused-ring (bicyclic) bond motifs is 1. The van der Waals surface area contributed by atoms with E-state index in [4.69, 9.17) is 23.4 Å². The average molecular weight is 428 g/mol. The van der Waals surface area contributed by atoms with Crippen LogP contribution < -0.4 is 14.9 Å². The van der Waals surface area contributed by atoms with Crippen molar-refractivity contribution >= 4 is 16.9 Å². The van der Waals surface area contributed by atoms with Crippen LogP contribution in [0.4, 0.5) is 0 Å². The van der Waals surface area contributed by atoms with E-state index in [2.05, 4.69) is 0 Å². The molecule has 1 aromatic heterocycles. The van der Waals surface area contributed by atoms with Gasteiger partial charge in [0.2, 0.25) is 11.2 Å². The molecule has 0 fully saturated rings. The Bertz CT molecular complexity index is 1170. The Morgan fingerprint density at radius 1 is 1.03 bits per heavy atom. The highest BCUT2D eigenvalue weighted by molar-refractivity contribution is 5.94. The van der Waals surface area contributed by atoms with E-state index in [1.165, 1.54) is 32.4 Å². The Balaban J connectivity index is 2.00. The fourth-order valence-electron chi connectivity index (χ4n) is 2.83. The Kier molecular flexibility index (Phi) is 6.21. The van der Waals surface area contributed by atoms with Gasteiger partial charge in [-0.2, -0.15) is 0 Å². The molecule has 1 N–H and O–H groups in total. The predicted molar refractivity (Wildman–Crippen MR) is 114 cm³/mol. The molecule has 0 amide bonds. The van der Waals surface area contributed by atoms with Crippen molar-refractivity contribution in [1.82, 2.24) is 0 Å². The second kappa shape index (κ2) is 8.69. The molecule has 0 aliphatic heterocycles. The Morgan fingerprint density at radius 2 is 1.74 bits per heavy atom. The van der Waals surface area contributed by atoms with Crippen LogP contribution in [0.15, 0.2) is 45.6 Å². The first-order valence-corrected chi connectivity index (χ1v) is 9.48. The van der Waals surface area contributed by atoms with Crippen LogP contribution >= 0.6 is 0 Å². The molecule has 8 nitrogen and oxygen atoms in total. The monoisotopic (exact) mass is 428 g/mol. The van der Waals surface area contributed by atoms with Gasteiger partial charge in [-0.05, 0) is 57.2 Å². The van der Waals surface area contributed by atoms with Crippen LogP contribution in [0, 0.1) is 0 Å². The third-order valence-electron chi connectivity index (χ3n) is 4.43. The van der Waals surface area contributed by atoms with Crippen LogP contribution in [0.2, 0.25) is 0 Å². The zero-order valence-corrected chi connectivity index (χ0v) is 18.0. The number of rotatable bonds is 6. The van der Waals surface area contributed by atoms with Gasteiger partial charge in [-0.3, -0.25) is 4.79 Å². The van der Waals surface area contributed by atoms with E-state index in [0.29, 0.717) is 17.1 Å². The van der Waals surface area contributed by atoms with Crippen LogP contribution in [0.25, 0.3) is 22.3 Å². The normalized spacial score (nSPS) is 11.4. The number of methoxy groups -OCH3 is 2. The Morgan fingerprint density at radius 3 is 2.39 bits per heavy atom. The van der Waals surface area contributed by atoms with Gasteiger partial charge in [0.1, 0.15) is 5.58 Å². The van der Waals surface area contributed by atoms with Crippen LogP contribution in [0.3, 0.4) is 0 Å². The van der Waals surface area contributed by atoms with Gasteiger partial charge < -0.3 is 28.5 Å². The van der Waals surface area contributed by atoms with Crippen molar-refractivity contribution in [3.8, 4) is 28.6 Å². The number of carbonyl (C=O) groups is 1. The smallest absolute Gasteiger partial charge is 0.340 e. The SMILES string of the molecule is COc1ccc(-c2oc3cc(C(=O)OCOC(C)(C)C)ccc3c(=O)c2O)cc1OC. The van der Waals surface area contributed by atoms with Gasteiger partial charge in [0, 0.05) is 5.56 Å². The predicted octanol–water partition coefficient (Wildman–Crippen LogP) is 4.11. The molecule has 0 bridgehead atoms. The van der Waals surface area contributed by atoms with E-state index >= 15 is 0 Å². The van der Waals surface area contributed by atoms with Gasteiger partial charge in [0.25, 0.3) is 0 Å². The number of carbonyl (C=O) groups excluding carboxylic acids is 1. The maximum absolute atomic E-state index is 12.7. The maximum atomic E-state index is 12.7. The van der Waals surface area contributed by atoms with Crippen molar-refractivity contribution in [3.63, 3.8) is 0 Å². The number of benzene rings is 2. The molecular weight excluding hydrogens is 404 g/mol. The van der Waals surface area contributed by atoms with E-state index in [-0.39, 0.29) is 29.1 Å². The third kappa shape index (κ3) is 4.80. The first-order chi connectivity index (χ1) is 14.6. The van der Waals surface area contributed by atoms with Gasteiger partial charge in [-0.25, -0.2) is 4.79 Å². The average Bonchev–Trinajstić information content (AvgIpc) is 2.74. The van der Waals surface area contributed by atoms with Crippen LogP contribution in [0.1, 0.15) is 31.1 Å². The first kappa shape index (κ1) is 22.2. The summed E-state index contributed by atoms with van der Waals surface area (Å²) in [6, 6.07) is 9.03. The molecule has 8 heteroatoms. The molecule has 0 spiro atoms. The molecule has 0 aliphatic carbocycles. The fraction of sp³-hybridized carbons (Fsp3) is 0.304. The lowest BCUT2D eigenvalue weighted by molar-refractivity contribution is -0.0965. The molecule has 0 saturated heterocycles. The highest BCUT2D eigenvalue weighted by Gasteiger charge is 2.19. The highest BCUT2D eigenvalue weighted by atomic mass is 16.7. The van der Waals surface area contributed by atoms with Crippen molar-refractivity contribution in [2.45, 2.75) is 26.4 Å². The zero-order chi connectivity index (χ0) is 22.8. The molecule has 2 aromatic carbocycles. The van der Waals surface area contributed by atoms with Crippen molar-refractivity contribution < 1.29 is 33.3 Å². The van der Waals surface area contributed by atoms with Gasteiger partial charge >= 0.3 is 5.97 Å². The first-order valence-electron chi connectivity index (χ1n) is 9.48. The van der Waals surface area contributed by atoms with Crippen LogP contribution in [0.5, 0.6) is 17.2 Å². The molecule has 1 heterocycles. The van der Waals surface area contributed by atoms with E-state index < -0.39 is 22.7 Å². The number of ether oxygens (including phenoxy) is 4. The number of hydrogen-bond donors (Lipinski definition) is 1. The summed E-state index contributed by atoms with van der Waals surface area (Å²) in [5.74, 6) is -0.349. The molecule has 3 rings (SSSR count). The molecule has 164 valence electrons. The lowest BCUT2D eigenvalue weighted by Gasteiger charge is -2.18. The quantitative estimate of drug-likeness (QED) is 0.462. The topological polar surface area (TPSA) is 104 Å². The lowest BCUT2D eigenvalue weighted by Crippen LogP contribution is -2.22. The molecule has 0 saturated carbocycles. The van der Waals surface area contributed by atoms with E-state index in [1.54, 1.807) is 18.2 Å². The van der Waals surface area contributed by atoms with Crippen LogP contribution in [-0.4, -0.2) is 37.7 Å². The largest absolute Gasteiger partial charge is 0.502 e. The Hall–Kier alpha value is -3.52. The highest BCUT2D eigenvalue weighted by Crippen LogP contribution is 2.36.